The molecule has 0 spiro atoms. The van der Waals surface area contributed by atoms with E-state index >= 15 is 0 Å². The van der Waals surface area contributed by atoms with Gasteiger partial charge in [0.25, 0.3) is 5.91 Å². The van der Waals surface area contributed by atoms with Crippen LogP contribution in [0.4, 0.5) is 0 Å². The average Bonchev–Trinajstić information content (AvgIpc) is 2.75. The first kappa shape index (κ1) is 20.3. The molecule has 0 atom stereocenters. The van der Waals surface area contributed by atoms with Gasteiger partial charge in [0, 0.05) is 10.0 Å². The van der Waals surface area contributed by atoms with E-state index < -0.39 is 11.9 Å². The van der Waals surface area contributed by atoms with E-state index in [4.69, 9.17) is 9.47 Å². The first-order valence-corrected chi connectivity index (χ1v) is 9.47. The predicted octanol–water partition coefficient (Wildman–Crippen LogP) is 4.20. The van der Waals surface area contributed by atoms with Crippen LogP contribution in [0.3, 0.4) is 0 Å². The van der Waals surface area contributed by atoms with Crippen molar-refractivity contribution in [3.05, 3.63) is 94.5 Å². The summed E-state index contributed by atoms with van der Waals surface area (Å²) in [5.41, 5.74) is 3.34. The number of hydrazone groups is 1. The number of amides is 1. The maximum atomic E-state index is 12.3. The van der Waals surface area contributed by atoms with Gasteiger partial charge in [-0.25, -0.2) is 10.2 Å². The molecule has 29 heavy (non-hydrogen) atoms. The topological polar surface area (TPSA) is 77.0 Å². The SMILES string of the molecule is O=C(COc1ccccc1)NN=Cc1cc(Br)ccc1OC(=O)c1ccccc1. The second kappa shape index (κ2) is 10.2. The minimum absolute atomic E-state index is 0.171. The van der Waals surface area contributed by atoms with Gasteiger partial charge in [-0.05, 0) is 42.5 Å². The first-order chi connectivity index (χ1) is 14.1. The smallest absolute Gasteiger partial charge is 0.343 e. The Morgan fingerprint density at radius 2 is 1.66 bits per heavy atom. The van der Waals surface area contributed by atoms with Gasteiger partial charge in [-0.15, -0.1) is 0 Å². The molecule has 0 aliphatic carbocycles. The van der Waals surface area contributed by atoms with E-state index in [-0.39, 0.29) is 6.61 Å². The molecule has 0 saturated carbocycles. The lowest BCUT2D eigenvalue weighted by atomic mass is 10.2. The molecule has 0 fully saturated rings. The summed E-state index contributed by atoms with van der Waals surface area (Å²) in [6.45, 7) is -0.171. The van der Waals surface area contributed by atoms with Crippen molar-refractivity contribution in [3.8, 4) is 11.5 Å². The van der Waals surface area contributed by atoms with E-state index in [2.05, 4.69) is 26.5 Å². The van der Waals surface area contributed by atoms with Crippen molar-refractivity contribution in [1.82, 2.24) is 5.43 Å². The summed E-state index contributed by atoms with van der Waals surface area (Å²) in [6.07, 6.45) is 1.40. The molecule has 3 aromatic rings. The van der Waals surface area contributed by atoms with Crippen LogP contribution in [-0.2, 0) is 4.79 Å². The van der Waals surface area contributed by atoms with Crippen LogP contribution in [-0.4, -0.2) is 24.7 Å². The number of nitrogens with one attached hydrogen (secondary N) is 1. The fraction of sp³-hybridized carbons (Fsp3) is 0.0455. The van der Waals surface area contributed by atoms with Gasteiger partial charge in [0.2, 0.25) is 0 Å². The van der Waals surface area contributed by atoms with E-state index in [1.807, 2.05) is 24.3 Å². The van der Waals surface area contributed by atoms with Gasteiger partial charge >= 0.3 is 5.97 Å². The van der Waals surface area contributed by atoms with Crippen LogP contribution in [0.5, 0.6) is 11.5 Å². The molecule has 0 aromatic heterocycles. The molecule has 0 heterocycles. The van der Waals surface area contributed by atoms with Crippen molar-refractivity contribution in [2.45, 2.75) is 0 Å². The Balaban J connectivity index is 1.61. The van der Waals surface area contributed by atoms with Crippen molar-refractivity contribution < 1.29 is 19.1 Å². The Morgan fingerprint density at radius 3 is 2.38 bits per heavy atom. The Bertz CT molecular complexity index is 1010. The molecule has 0 bridgehead atoms. The van der Waals surface area contributed by atoms with Crippen molar-refractivity contribution in [2.24, 2.45) is 5.10 Å². The van der Waals surface area contributed by atoms with Crippen LogP contribution < -0.4 is 14.9 Å². The Morgan fingerprint density at radius 1 is 0.966 bits per heavy atom. The molecule has 7 heteroatoms. The number of ether oxygens (including phenoxy) is 2. The molecular weight excluding hydrogens is 436 g/mol. The molecule has 3 aromatic carbocycles. The highest BCUT2D eigenvalue weighted by Crippen LogP contribution is 2.23. The zero-order chi connectivity index (χ0) is 20.5. The Kier molecular flexibility index (Phi) is 7.13. The van der Waals surface area contributed by atoms with Crippen LogP contribution in [0.15, 0.2) is 88.4 Å². The standard InChI is InChI=1S/C22H17BrN2O4/c23-18-11-12-20(29-22(27)16-7-3-1-4-8-16)17(13-18)14-24-25-21(26)15-28-19-9-5-2-6-10-19/h1-14H,15H2,(H,25,26). The number of carbonyl (C=O) groups excluding carboxylic acids is 2. The monoisotopic (exact) mass is 452 g/mol. The zero-order valence-corrected chi connectivity index (χ0v) is 16.8. The molecule has 0 radical (unpaired) electrons. The Labute approximate surface area is 176 Å². The number of para-hydroxylation sites is 1. The lowest BCUT2D eigenvalue weighted by Crippen LogP contribution is -2.24. The quantitative estimate of drug-likeness (QED) is 0.252. The molecule has 0 aliphatic heterocycles. The first-order valence-electron chi connectivity index (χ1n) is 8.68. The molecule has 0 unspecified atom stereocenters. The lowest BCUT2D eigenvalue weighted by molar-refractivity contribution is -0.123. The maximum Gasteiger partial charge on any atom is 0.343 e. The maximum absolute atomic E-state index is 12.3. The largest absolute Gasteiger partial charge is 0.484 e. The molecule has 146 valence electrons. The number of hydrogen-bond acceptors (Lipinski definition) is 5. The fourth-order valence-electron chi connectivity index (χ4n) is 2.32. The third-order valence-electron chi connectivity index (χ3n) is 3.69. The molecule has 1 N–H and O–H groups in total. The van der Waals surface area contributed by atoms with E-state index in [0.29, 0.717) is 22.6 Å². The van der Waals surface area contributed by atoms with Gasteiger partial charge in [-0.1, -0.05) is 52.3 Å². The summed E-state index contributed by atoms with van der Waals surface area (Å²) in [5.74, 6) is 0.0140. The van der Waals surface area contributed by atoms with Crippen LogP contribution in [0, 0.1) is 0 Å². The fourth-order valence-corrected chi connectivity index (χ4v) is 2.70. The van der Waals surface area contributed by atoms with E-state index in [0.717, 1.165) is 4.47 Å². The third kappa shape index (κ3) is 6.29. The third-order valence-corrected chi connectivity index (χ3v) is 4.18. The Hall–Kier alpha value is -3.45. The van der Waals surface area contributed by atoms with E-state index in [1.54, 1.807) is 54.6 Å². The highest BCUT2D eigenvalue weighted by atomic mass is 79.9. The summed E-state index contributed by atoms with van der Waals surface area (Å²) < 4.78 is 11.6. The number of carbonyl (C=O) groups is 2. The number of nitrogens with zero attached hydrogens (tertiary/aromatic N) is 1. The van der Waals surface area contributed by atoms with E-state index in [9.17, 15) is 9.59 Å². The second-order valence-corrected chi connectivity index (χ2v) is 6.75. The summed E-state index contributed by atoms with van der Waals surface area (Å²) in [7, 11) is 0. The van der Waals surface area contributed by atoms with Crippen LogP contribution in [0.25, 0.3) is 0 Å². The van der Waals surface area contributed by atoms with Crippen molar-refractivity contribution in [3.63, 3.8) is 0 Å². The second-order valence-electron chi connectivity index (χ2n) is 5.83. The minimum Gasteiger partial charge on any atom is -0.484 e. The summed E-state index contributed by atoms with van der Waals surface area (Å²) in [4.78, 5) is 24.2. The number of esters is 1. The van der Waals surface area contributed by atoms with Crippen LogP contribution in [0.1, 0.15) is 15.9 Å². The van der Waals surface area contributed by atoms with Gasteiger partial charge in [-0.3, -0.25) is 4.79 Å². The molecule has 3 rings (SSSR count). The zero-order valence-electron chi connectivity index (χ0n) is 15.2. The average molecular weight is 453 g/mol. The highest BCUT2D eigenvalue weighted by molar-refractivity contribution is 9.10. The highest BCUT2D eigenvalue weighted by Gasteiger charge is 2.11. The normalized spacial score (nSPS) is 10.5. The van der Waals surface area contributed by atoms with Gasteiger partial charge in [0.15, 0.2) is 6.61 Å². The molecule has 1 amide bonds. The summed E-state index contributed by atoms with van der Waals surface area (Å²) in [6, 6.07) is 22.8. The lowest BCUT2D eigenvalue weighted by Gasteiger charge is -2.08. The van der Waals surface area contributed by atoms with Crippen molar-refractivity contribution in [2.75, 3.05) is 6.61 Å². The number of rotatable bonds is 7. The molecular formula is C22H17BrN2O4. The van der Waals surface area contributed by atoms with Gasteiger partial charge < -0.3 is 9.47 Å². The number of benzene rings is 3. The molecule has 0 aliphatic rings. The van der Waals surface area contributed by atoms with Crippen molar-refractivity contribution in [1.29, 1.82) is 0 Å². The number of hydrogen-bond donors (Lipinski definition) is 1. The number of halogens is 1. The van der Waals surface area contributed by atoms with E-state index in [1.165, 1.54) is 6.21 Å². The van der Waals surface area contributed by atoms with Gasteiger partial charge in [-0.2, -0.15) is 5.10 Å². The molecule has 0 saturated heterocycles. The van der Waals surface area contributed by atoms with Gasteiger partial charge in [0.1, 0.15) is 11.5 Å². The van der Waals surface area contributed by atoms with Crippen molar-refractivity contribution >= 4 is 34.0 Å². The molecule has 6 nitrogen and oxygen atoms in total. The van der Waals surface area contributed by atoms with Crippen LogP contribution in [0.2, 0.25) is 0 Å². The van der Waals surface area contributed by atoms with Gasteiger partial charge in [0.05, 0.1) is 11.8 Å². The summed E-state index contributed by atoms with van der Waals surface area (Å²) >= 11 is 3.37. The predicted molar refractivity (Wildman–Crippen MR) is 113 cm³/mol. The van der Waals surface area contributed by atoms with Crippen LogP contribution >= 0.6 is 15.9 Å². The minimum atomic E-state index is -0.483. The summed E-state index contributed by atoms with van der Waals surface area (Å²) in [5, 5.41) is 3.92.